The molecule has 19 heavy (non-hydrogen) atoms. The number of hydrogen-bond donors (Lipinski definition) is 0. The van der Waals surface area contributed by atoms with E-state index in [9.17, 15) is 22.8 Å². The Balaban J connectivity index is 3.21. The van der Waals surface area contributed by atoms with E-state index in [4.69, 9.17) is 11.6 Å². The summed E-state index contributed by atoms with van der Waals surface area (Å²) in [4.78, 5) is 22.9. The van der Waals surface area contributed by atoms with Gasteiger partial charge in [0.1, 0.15) is 6.42 Å². The maximum atomic E-state index is 13.3. The third kappa shape index (κ3) is 3.07. The number of halogens is 4. The van der Waals surface area contributed by atoms with Gasteiger partial charge in [0.25, 0.3) is 0 Å². The second kappa shape index (κ2) is 6.06. The summed E-state index contributed by atoms with van der Waals surface area (Å²) in [6.45, 7) is 2.67. The van der Waals surface area contributed by atoms with Crippen LogP contribution in [0.2, 0.25) is 5.02 Å². The predicted molar refractivity (Wildman–Crippen MR) is 61.6 cm³/mol. The van der Waals surface area contributed by atoms with E-state index in [-0.39, 0.29) is 6.61 Å². The fourth-order valence-corrected chi connectivity index (χ4v) is 1.83. The molecule has 0 aliphatic carbocycles. The maximum Gasteiger partial charge on any atom is 0.313 e. The molecule has 0 radical (unpaired) electrons. The second-order valence-electron chi connectivity index (χ2n) is 3.66. The van der Waals surface area contributed by atoms with Crippen LogP contribution in [0.5, 0.6) is 0 Å². The first kappa shape index (κ1) is 15.5. The molecule has 0 atom stereocenters. The van der Waals surface area contributed by atoms with E-state index in [1.165, 1.54) is 6.92 Å². The van der Waals surface area contributed by atoms with Gasteiger partial charge in [-0.05, 0) is 13.8 Å². The van der Waals surface area contributed by atoms with Gasteiger partial charge in [0.05, 0.1) is 11.6 Å². The largest absolute Gasteiger partial charge is 0.466 e. The zero-order valence-electron chi connectivity index (χ0n) is 10.2. The van der Waals surface area contributed by atoms with Crippen molar-refractivity contribution in [1.82, 2.24) is 0 Å². The van der Waals surface area contributed by atoms with Crippen LogP contribution in [0, 0.1) is 24.4 Å². The van der Waals surface area contributed by atoms with Crippen LogP contribution in [-0.2, 0) is 9.53 Å². The molecule has 7 heteroatoms. The van der Waals surface area contributed by atoms with Crippen LogP contribution in [0.3, 0.4) is 0 Å². The Morgan fingerprint density at radius 3 is 2.26 bits per heavy atom. The molecule has 0 spiro atoms. The zero-order valence-corrected chi connectivity index (χ0v) is 10.9. The zero-order chi connectivity index (χ0) is 14.7. The van der Waals surface area contributed by atoms with Crippen molar-refractivity contribution in [2.24, 2.45) is 0 Å². The van der Waals surface area contributed by atoms with Crippen LogP contribution in [0.15, 0.2) is 0 Å². The average molecular weight is 295 g/mol. The minimum Gasteiger partial charge on any atom is -0.466 e. The van der Waals surface area contributed by atoms with Crippen molar-refractivity contribution in [3.63, 3.8) is 0 Å². The maximum absolute atomic E-state index is 13.3. The number of rotatable bonds is 4. The number of Topliss-reactive ketones (excluding diaryl/α,β-unsaturated/α-hetero) is 1. The van der Waals surface area contributed by atoms with Crippen LogP contribution < -0.4 is 0 Å². The number of esters is 1. The standard InChI is InChI=1S/C12H10ClF3O3/c1-3-19-7(18)4-6(17)8-5(2)10(14)12(16)11(15)9(8)13/h3-4H2,1-2H3. The van der Waals surface area contributed by atoms with Crippen molar-refractivity contribution in [2.75, 3.05) is 6.61 Å². The molecule has 1 aromatic carbocycles. The fourth-order valence-electron chi connectivity index (χ4n) is 1.50. The van der Waals surface area contributed by atoms with Crippen LogP contribution in [-0.4, -0.2) is 18.4 Å². The molecule has 0 aliphatic heterocycles. The van der Waals surface area contributed by atoms with Gasteiger partial charge in [0, 0.05) is 11.1 Å². The molecule has 0 aromatic heterocycles. The van der Waals surface area contributed by atoms with Crippen molar-refractivity contribution in [3.8, 4) is 0 Å². The number of hydrogen-bond acceptors (Lipinski definition) is 3. The first-order valence-electron chi connectivity index (χ1n) is 5.32. The fraction of sp³-hybridized carbons (Fsp3) is 0.333. The first-order chi connectivity index (χ1) is 8.81. The number of carbonyl (C=O) groups is 2. The lowest BCUT2D eigenvalue weighted by molar-refractivity contribution is -0.141. The molecule has 3 nitrogen and oxygen atoms in total. The van der Waals surface area contributed by atoms with E-state index in [2.05, 4.69) is 4.74 Å². The van der Waals surface area contributed by atoms with Gasteiger partial charge >= 0.3 is 5.97 Å². The van der Waals surface area contributed by atoms with Gasteiger partial charge in [-0.15, -0.1) is 0 Å². The Hall–Kier alpha value is -1.56. The normalized spacial score (nSPS) is 10.4. The summed E-state index contributed by atoms with van der Waals surface area (Å²) < 4.78 is 44.2. The van der Waals surface area contributed by atoms with Crippen molar-refractivity contribution < 1.29 is 27.5 Å². The Morgan fingerprint density at radius 2 is 1.74 bits per heavy atom. The molecule has 0 heterocycles. The molecule has 0 saturated carbocycles. The molecule has 0 saturated heterocycles. The first-order valence-corrected chi connectivity index (χ1v) is 5.70. The van der Waals surface area contributed by atoms with Gasteiger partial charge in [-0.1, -0.05) is 11.6 Å². The smallest absolute Gasteiger partial charge is 0.313 e. The molecule has 0 bridgehead atoms. The predicted octanol–water partition coefficient (Wildman–Crippen LogP) is 3.20. The third-order valence-corrected chi connectivity index (χ3v) is 2.75. The Morgan fingerprint density at radius 1 is 1.16 bits per heavy atom. The van der Waals surface area contributed by atoms with E-state index in [0.717, 1.165) is 6.92 Å². The Labute approximate surface area is 112 Å². The molecule has 104 valence electrons. The highest BCUT2D eigenvalue weighted by Crippen LogP contribution is 2.29. The number of benzene rings is 1. The molecule has 0 fully saturated rings. The van der Waals surface area contributed by atoms with E-state index in [1.807, 2.05) is 0 Å². The van der Waals surface area contributed by atoms with Gasteiger partial charge in [-0.2, -0.15) is 0 Å². The van der Waals surface area contributed by atoms with Gasteiger partial charge in [0.15, 0.2) is 23.2 Å². The molecular weight excluding hydrogens is 285 g/mol. The average Bonchev–Trinajstić information content (AvgIpc) is 2.34. The highest BCUT2D eigenvalue weighted by atomic mass is 35.5. The summed E-state index contributed by atoms with van der Waals surface area (Å²) in [7, 11) is 0. The quantitative estimate of drug-likeness (QED) is 0.282. The summed E-state index contributed by atoms with van der Waals surface area (Å²) in [6, 6.07) is 0. The van der Waals surface area contributed by atoms with Gasteiger partial charge in [-0.25, -0.2) is 13.2 Å². The number of carbonyl (C=O) groups excluding carboxylic acids is 2. The Bertz CT molecular complexity index is 515. The lowest BCUT2D eigenvalue weighted by Crippen LogP contribution is -2.15. The topological polar surface area (TPSA) is 43.4 Å². The van der Waals surface area contributed by atoms with Crippen LogP contribution in [0.4, 0.5) is 13.2 Å². The van der Waals surface area contributed by atoms with Crippen molar-refractivity contribution in [1.29, 1.82) is 0 Å². The molecule has 1 aromatic rings. The summed E-state index contributed by atoms with van der Waals surface area (Å²) in [6.07, 6.45) is -0.723. The van der Waals surface area contributed by atoms with Gasteiger partial charge in [-0.3, -0.25) is 9.59 Å². The van der Waals surface area contributed by atoms with Crippen molar-refractivity contribution in [2.45, 2.75) is 20.3 Å². The van der Waals surface area contributed by atoms with Crippen LogP contribution in [0.1, 0.15) is 29.3 Å². The number of ketones is 1. The highest BCUT2D eigenvalue weighted by molar-refractivity contribution is 6.34. The van der Waals surface area contributed by atoms with E-state index < -0.39 is 51.8 Å². The van der Waals surface area contributed by atoms with Gasteiger partial charge in [0.2, 0.25) is 0 Å². The summed E-state index contributed by atoms with van der Waals surface area (Å²) in [5, 5.41) is -0.842. The minimum atomic E-state index is -1.75. The number of ether oxygens (including phenoxy) is 1. The molecule has 0 aliphatic rings. The van der Waals surface area contributed by atoms with Crippen LogP contribution in [0.25, 0.3) is 0 Å². The minimum absolute atomic E-state index is 0.0605. The summed E-state index contributed by atoms with van der Waals surface area (Å²) >= 11 is 5.48. The lowest BCUT2D eigenvalue weighted by atomic mass is 10.0. The van der Waals surface area contributed by atoms with Gasteiger partial charge < -0.3 is 4.74 Å². The van der Waals surface area contributed by atoms with Crippen LogP contribution >= 0.6 is 11.6 Å². The van der Waals surface area contributed by atoms with Crippen molar-refractivity contribution >= 4 is 23.4 Å². The lowest BCUT2D eigenvalue weighted by Gasteiger charge is -2.10. The third-order valence-electron chi connectivity index (χ3n) is 2.39. The Kier molecular flexibility index (Phi) is 4.94. The molecule has 0 unspecified atom stereocenters. The molecule has 1 rings (SSSR count). The van der Waals surface area contributed by atoms with E-state index >= 15 is 0 Å². The SMILES string of the molecule is CCOC(=O)CC(=O)c1c(C)c(F)c(F)c(F)c1Cl. The second-order valence-corrected chi connectivity index (χ2v) is 4.04. The van der Waals surface area contributed by atoms with Crippen molar-refractivity contribution in [3.05, 3.63) is 33.6 Å². The summed E-state index contributed by atoms with van der Waals surface area (Å²) in [5.41, 5.74) is -0.996. The monoisotopic (exact) mass is 294 g/mol. The molecule has 0 N–H and O–H groups in total. The van der Waals surface area contributed by atoms with E-state index in [1.54, 1.807) is 0 Å². The molecule has 0 amide bonds. The van der Waals surface area contributed by atoms with E-state index in [0.29, 0.717) is 0 Å². The highest BCUT2D eigenvalue weighted by Gasteiger charge is 2.26. The summed E-state index contributed by atoms with van der Waals surface area (Å²) in [5.74, 6) is -6.70. The molecular formula is C12H10ClF3O3.